The molecule has 0 spiro atoms. The van der Waals surface area contributed by atoms with Gasteiger partial charge in [-0.15, -0.1) is 0 Å². The van der Waals surface area contributed by atoms with Crippen LogP contribution in [0.1, 0.15) is 15.9 Å². The predicted octanol–water partition coefficient (Wildman–Crippen LogP) is 3.80. The molecule has 0 bridgehead atoms. The lowest BCUT2D eigenvalue weighted by Crippen LogP contribution is -2.21. The molecule has 6 nitrogen and oxygen atoms in total. The number of amides is 1. The first-order chi connectivity index (χ1) is 11.8. The lowest BCUT2D eigenvalue weighted by molar-refractivity contribution is -0.119. The van der Waals surface area contributed by atoms with E-state index in [1.807, 2.05) is 0 Å². The molecule has 2 aromatic carbocycles. The van der Waals surface area contributed by atoms with Gasteiger partial charge in [-0.2, -0.15) is 0 Å². The maximum Gasteiger partial charge on any atom is 0.340 e. The maximum atomic E-state index is 12.1. The summed E-state index contributed by atoms with van der Waals surface area (Å²) in [5.41, 5.74) is 7.40. The van der Waals surface area contributed by atoms with E-state index in [1.54, 1.807) is 31.2 Å². The molecule has 0 atom stereocenters. The third kappa shape index (κ3) is 4.87. The van der Waals surface area contributed by atoms with Crippen molar-refractivity contribution in [1.82, 2.24) is 0 Å². The minimum absolute atomic E-state index is 0.182. The van der Waals surface area contributed by atoms with Gasteiger partial charge in [0.2, 0.25) is 0 Å². The highest BCUT2D eigenvalue weighted by atomic mass is 79.9. The molecule has 2 aromatic rings. The summed E-state index contributed by atoms with van der Waals surface area (Å²) >= 11 is 9.27. The van der Waals surface area contributed by atoms with Gasteiger partial charge in [0.25, 0.3) is 5.91 Å². The Hall–Kier alpha value is -2.25. The smallest absolute Gasteiger partial charge is 0.340 e. The number of nitrogens with two attached hydrogens (primary N) is 1. The molecule has 0 saturated carbocycles. The molecule has 0 unspecified atom stereocenters. The van der Waals surface area contributed by atoms with Crippen LogP contribution < -0.4 is 15.8 Å². The van der Waals surface area contributed by atoms with Gasteiger partial charge < -0.3 is 20.5 Å². The van der Waals surface area contributed by atoms with Crippen molar-refractivity contribution in [3.05, 3.63) is 51.0 Å². The summed E-state index contributed by atoms with van der Waals surface area (Å²) in [6, 6.07) is 8.07. The van der Waals surface area contributed by atoms with E-state index < -0.39 is 18.5 Å². The molecule has 0 heterocycles. The third-order valence-corrected chi connectivity index (χ3v) is 4.22. The molecule has 0 aliphatic carbocycles. The largest absolute Gasteiger partial charge is 0.495 e. The van der Waals surface area contributed by atoms with Gasteiger partial charge in [-0.1, -0.05) is 27.5 Å². The normalized spacial score (nSPS) is 10.2. The van der Waals surface area contributed by atoms with Crippen molar-refractivity contribution < 1.29 is 19.1 Å². The number of halogens is 2. The number of carbonyl (C=O) groups is 2. The van der Waals surface area contributed by atoms with E-state index >= 15 is 0 Å². The van der Waals surface area contributed by atoms with Crippen LogP contribution in [0.3, 0.4) is 0 Å². The summed E-state index contributed by atoms with van der Waals surface area (Å²) < 4.78 is 10.9. The highest BCUT2D eigenvalue weighted by Gasteiger charge is 2.15. The Morgan fingerprint density at radius 2 is 2.00 bits per heavy atom. The molecular weight excluding hydrogens is 412 g/mol. The minimum atomic E-state index is -0.687. The number of methoxy groups -OCH3 is 1. The molecule has 25 heavy (non-hydrogen) atoms. The van der Waals surface area contributed by atoms with Crippen LogP contribution >= 0.6 is 27.5 Å². The number of benzene rings is 2. The minimum Gasteiger partial charge on any atom is -0.495 e. The lowest BCUT2D eigenvalue weighted by Gasteiger charge is -2.12. The monoisotopic (exact) mass is 426 g/mol. The predicted molar refractivity (Wildman–Crippen MR) is 100 cm³/mol. The summed E-state index contributed by atoms with van der Waals surface area (Å²) in [6.07, 6.45) is 0. The van der Waals surface area contributed by atoms with Crippen LogP contribution in [0, 0.1) is 6.92 Å². The molecule has 0 aliphatic rings. The number of carbonyl (C=O) groups excluding carboxylic acids is 2. The second-order valence-electron chi connectivity index (χ2n) is 5.16. The van der Waals surface area contributed by atoms with Gasteiger partial charge in [0.1, 0.15) is 5.75 Å². The van der Waals surface area contributed by atoms with Crippen LogP contribution in [-0.2, 0) is 9.53 Å². The van der Waals surface area contributed by atoms with Crippen molar-refractivity contribution in [3.63, 3.8) is 0 Å². The van der Waals surface area contributed by atoms with Crippen LogP contribution in [0.25, 0.3) is 0 Å². The Kier molecular flexibility index (Phi) is 6.27. The van der Waals surface area contributed by atoms with Crippen molar-refractivity contribution >= 4 is 50.8 Å². The van der Waals surface area contributed by atoms with Crippen molar-refractivity contribution in [1.29, 1.82) is 0 Å². The highest BCUT2D eigenvalue weighted by molar-refractivity contribution is 9.10. The summed E-state index contributed by atoms with van der Waals surface area (Å²) in [5, 5.41) is 3.14. The van der Waals surface area contributed by atoms with Gasteiger partial charge in [-0.3, -0.25) is 4.79 Å². The summed E-state index contributed by atoms with van der Waals surface area (Å²) in [4.78, 5) is 24.1. The SMILES string of the molecule is COc1cc(Cl)c(C)cc1NC(=O)COC(=O)c1cc(Br)ccc1N. The van der Waals surface area contributed by atoms with Crippen molar-refractivity contribution in [2.24, 2.45) is 0 Å². The first-order valence-corrected chi connectivity index (χ1v) is 8.35. The van der Waals surface area contributed by atoms with Gasteiger partial charge in [-0.25, -0.2) is 4.79 Å². The molecular formula is C17H16BrClN2O4. The summed E-state index contributed by atoms with van der Waals surface area (Å²) in [7, 11) is 1.46. The molecule has 0 aromatic heterocycles. The fraction of sp³-hybridized carbons (Fsp3) is 0.176. The van der Waals surface area contributed by atoms with Crippen LogP contribution in [0.2, 0.25) is 5.02 Å². The maximum absolute atomic E-state index is 12.1. The number of nitrogens with one attached hydrogen (secondary N) is 1. The highest BCUT2D eigenvalue weighted by Crippen LogP contribution is 2.30. The third-order valence-electron chi connectivity index (χ3n) is 3.32. The summed E-state index contributed by atoms with van der Waals surface area (Å²) in [6.45, 7) is 1.34. The number of rotatable bonds is 5. The topological polar surface area (TPSA) is 90.6 Å². The van der Waals surface area contributed by atoms with Crippen LogP contribution in [0.4, 0.5) is 11.4 Å². The first kappa shape index (κ1) is 19.1. The number of anilines is 2. The number of hydrogen-bond acceptors (Lipinski definition) is 5. The van der Waals surface area contributed by atoms with Gasteiger partial charge in [-0.05, 0) is 36.8 Å². The van der Waals surface area contributed by atoms with E-state index in [0.29, 0.717) is 20.9 Å². The molecule has 3 N–H and O–H groups in total. The number of hydrogen-bond donors (Lipinski definition) is 2. The molecule has 8 heteroatoms. The first-order valence-electron chi connectivity index (χ1n) is 7.18. The Morgan fingerprint density at radius 3 is 2.68 bits per heavy atom. The second kappa shape index (κ2) is 8.22. The van der Waals surface area contributed by atoms with Gasteiger partial charge in [0.05, 0.1) is 18.4 Å². The van der Waals surface area contributed by atoms with Gasteiger partial charge in [0, 0.05) is 21.2 Å². The molecule has 1 amide bonds. The average molecular weight is 428 g/mol. The quantitative estimate of drug-likeness (QED) is 0.559. The number of esters is 1. The van der Waals surface area contributed by atoms with Crippen LogP contribution in [0.15, 0.2) is 34.8 Å². The fourth-order valence-corrected chi connectivity index (χ4v) is 2.54. The van der Waals surface area contributed by atoms with E-state index in [2.05, 4.69) is 21.2 Å². The zero-order valence-electron chi connectivity index (χ0n) is 13.6. The fourth-order valence-electron chi connectivity index (χ4n) is 2.03. The average Bonchev–Trinajstić information content (AvgIpc) is 2.57. The molecule has 0 saturated heterocycles. The molecule has 132 valence electrons. The number of nitrogen functional groups attached to an aromatic ring is 1. The Morgan fingerprint density at radius 1 is 1.28 bits per heavy atom. The number of aryl methyl sites for hydroxylation is 1. The van der Waals surface area contributed by atoms with E-state index in [-0.39, 0.29) is 11.3 Å². The summed E-state index contributed by atoms with van der Waals surface area (Å²) in [5.74, 6) is -0.790. The van der Waals surface area contributed by atoms with Crippen LogP contribution in [-0.4, -0.2) is 25.6 Å². The van der Waals surface area contributed by atoms with E-state index in [0.717, 1.165) is 5.56 Å². The van der Waals surface area contributed by atoms with Crippen molar-refractivity contribution in [2.45, 2.75) is 6.92 Å². The Bertz CT molecular complexity index is 827. The van der Waals surface area contributed by atoms with E-state index in [9.17, 15) is 9.59 Å². The standard InChI is InChI=1S/C17H16BrClN2O4/c1-9-5-14(15(24-2)7-12(9)19)21-16(22)8-25-17(23)11-6-10(18)3-4-13(11)20/h3-7H,8,20H2,1-2H3,(H,21,22). The Labute approximate surface area is 158 Å². The zero-order valence-corrected chi connectivity index (χ0v) is 15.9. The number of ether oxygens (including phenoxy) is 2. The van der Waals surface area contributed by atoms with Crippen molar-refractivity contribution in [2.75, 3.05) is 24.8 Å². The lowest BCUT2D eigenvalue weighted by atomic mass is 10.2. The van der Waals surface area contributed by atoms with Gasteiger partial charge >= 0.3 is 5.97 Å². The van der Waals surface area contributed by atoms with E-state index in [4.69, 9.17) is 26.8 Å². The molecule has 2 rings (SSSR count). The molecule has 0 fully saturated rings. The molecule has 0 aliphatic heterocycles. The Balaban J connectivity index is 2.03. The second-order valence-corrected chi connectivity index (χ2v) is 6.48. The van der Waals surface area contributed by atoms with Crippen molar-refractivity contribution in [3.8, 4) is 5.75 Å². The molecule has 0 radical (unpaired) electrons. The van der Waals surface area contributed by atoms with Crippen LogP contribution in [0.5, 0.6) is 5.75 Å². The zero-order chi connectivity index (χ0) is 18.6. The van der Waals surface area contributed by atoms with Gasteiger partial charge in [0.15, 0.2) is 6.61 Å². The van der Waals surface area contributed by atoms with E-state index in [1.165, 1.54) is 13.2 Å².